The highest BCUT2D eigenvalue weighted by atomic mass is 16.6. The highest BCUT2D eigenvalue weighted by Gasteiger charge is 2.72. The molecule has 9 nitrogen and oxygen atoms in total. The molecular formula is C22H36N2O7. The quantitative estimate of drug-likeness (QED) is 0.363. The molecule has 3 rings (SSSR count). The smallest absolute Gasteiger partial charge is 0.408 e. The number of methoxy groups -OCH3 is 1. The molecule has 0 aromatic carbocycles. The molecule has 176 valence electrons. The molecule has 0 bridgehead atoms. The lowest BCUT2D eigenvalue weighted by molar-refractivity contribution is -0.123. The SMILES string of the molecule is CO[C@H]1C([C@]2(C)O[C@H]2C/C=C(\C)CO)C2(CC[C@H]1OC(=O)N[C@@H](C(N)=O)C(C)C)CO2. The molecule has 2 heterocycles. The second-order valence-corrected chi connectivity index (χ2v) is 9.52. The second-order valence-electron chi connectivity index (χ2n) is 9.52. The van der Waals surface area contributed by atoms with Crippen LogP contribution in [0.4, 0.5) is 4.79 Å². The summed E-state index contributed by atoms with van der Waals surface area (Å²) in [5.41, 5.74) is 5.48. The number of alkyl carbamates (subject to hydrolysis) is 1. The largest absolute Gasteiger partial charge is 0.443 e. The van der Waals surface area contributed by atoms with E-state index in [9.17, 15) is 14.7 Å². The number of nitrogens with two attached hydrogens (primary N) is 1. The minimum Gasteiger partial charge on any atom is -0.443 e. The number of nitrogens with one attached hydrogen (secondary N) is 1. The summed E-state index contributed by atoms with van der Waals surface area (Å²) in [5.74, 6) is -0.864. The first-order chi connectivity index (χ1) is 14.6. The molecule has 0 aromatic heterocycles. The predicted molar refractivity (Wildman–Crippen MR) is 112 cm³/mol. The Bertz CT molecular complexity index is 721. The van der Waals surface area contributed by atoms with E-state index in [0.717, 1.165) is 12.0 Å². The molecule has 0 aromatic rings. The zero-order valence-corrected chi connectivity index (χ0v) is 19.1. The Kier molecular flexibility index (Phi) is 7.00. The van der Waals surface area contributed by atoms with Gasteiger partial charge in [-0.3, -0.25) is 4.79 Å². The van der Waals surface area contributed by atoms with Crippen molar-refractivity contribution in [3.63, 3.8) is 0 Å². The molecule has 2 amide bonds. The lowest BCUT2D eigenvalue weighted by Gasteiger charge is -2.42. The van der Waals surface area contributed by atoms with E-state index >= 15 is 0 Å². The van der Waals surface area contributed by atoms with Crippen LogP contribution in [0.3, 0.4) is 0 Å². The minimum absolute atomic E-state index is 0.0221. The van der Waals surface area contributed by atoms with Crippen LogP contribution in [0, 0.1) is 11.8 Å². The third-order valence-electron chi connectivity index (χ3n) is 6.93. The number of rotatable bonds is 9. The van der Waals surface area contributed by atoms with Crippen LogP contribution in [-0.4, -0.2) is 73.0 Å². The summed E-state index contributed by atoms with van der Waals surface area (Å²) in [6.07, 6.45) is 2.38. The summed E-state index contributed by atoms with van der Waals surface area (Å²) >= 11 is 0. The maximum absolute atomic E-state index is 12.5. The number of amides is 2. The van der Waals surface area contributed by atoms with Gasteiger partial charge >= 0.3 is 6.09 Å². The predicted octanol–water partition coefficient (Wildman–Crippen LogP) is 1.27. The van der Waals surface area contributed by atoms with Gasteiger partial charge in [-0.15, -0.1) is 0 Å². The monoisotopic (exact) mass is 440 g/mol. The lowest BCUT2D eigenvalue weighted by Crippen LogP contribution is -2.57. The maximum atomic E-state index is 12.5. The van der Waals surface area contributed by atoms with E-state index in [0.29, 0.717) is 19.4 Å². The van der Waals surface area contributed by atoms with E-state index in [1.165, 1.54) is 0 Å². The first-order valence-electron chi connectivity index (χ1n) is 11.0. The van der Waals surface area contributed by atoms with E-state index in [-0.39, 0.29) is 30.1 Å². The summed E-state index contributed by atoms with van der Waals surface area (Å²) in [5, 5.41) is 11.8. The molecule has 31 heavy (non-hydrogen) atoms. The van der Waals surface area contributed by atoms with Gasteiger partial charge in [0.2, 0.25) is 5.91 Å². The van der Waals surface area contributed by atoms with Crippen LogP contribution >= 0.6 is 0 Å². The fourth-order valence-electron chi connectivity index (χ4n) is 4.97. The summed E-state index contributed by atoms with van der Waals surface area (Å²) in [6.45, 7) is 8.18. The lowest BCUT2D eigenvalue weighted by atomic mass is 9.68. The fourth-order valence-corrected chi connectivity index (χ4v) is 4.97. The number of hydrogen-bond donors (Lipinski definition) is 3. The number of carbonyl (C=O) groups excluding carboxylic acids is 2. The topological polar surface area (TPSA) is 136 Å². The van der Waals surface area contributed by atoms with Crippen LogP contribution in [0.1, 0.15) is 47.0 Å². The van der Waals surface area contributed by atoms with Crippen molar-refractivity contribution in [1.82, 2.24) is 5.32 Å². The van der Waals surface area contributed by atoms with Gasteiger partial charge in [-0.25, -0.2) is 4.79 Å². The molecule has 1 aliphatic carbocycles. The minimum atomic E-state index is -0.804. The Morgan fingerprint density at radius 3 is 2.58 bits per heavy atom. The summed E-state index contributed by atoms with van der Waals surface area (Å²) in [7, 11) is 1.60. The van der Waals surface area contributed by atoms with Crippen LogP contribution in [0.15, 0.2) is 11.6 Å². The van der Waals surface area contributed by atoms with Crippen LogP contribution in [0.2, 0.25) is 0 Å². The first kappa shape index (κ1) is 24.0. The number of hydrogen-bond acceptors (Lipinski definition) is 7. The molecule has 2 unspecified atom stereocenters. The van der Waals surface area contributed by atoms with Gasteiger partial charge in [0.1, 0.15) is 29.5 Å². The van der Waals surface area contributed by atoms with E-state index < -0.39 is 35.9 Å². The number of aliphatic hydroxyl groups excluding tert-OH is 1. The summed E-state index contributed by atoms with van der Waals surface area (Å²) in [4.78, 5) is 24.1. The highest BCUT2D eigenvalue weighted by Crippen LogP contribution is 2.59. The van der Waals surface area contributed by atoms with Crippen molar-refractivity contribution in [3.8, 4) is 0 Å². The van der Waals surface area contributed by atoms with E-state index in [1.54, 1.807) is 21.0 Å². The zero-order valence-electron chi connectivity index (χ0n) is 19.1. The van der Waals surface area contributed by atoms with Gasteiger partial charge in [0, 0.05) is 7.11 Å². The second kappa shape index (κ2) is 9.05. The van der Waals surface area contributed by atoms with Gasteiger partial charge < -0.3 is 35.1 Å². The van der Waals surface area contributed by atoms with Crippen LogP contribution in [0.25, 0.3) is 0 Å². The molecule has 1 spiro atoms. The van der Waals surface area contributed by atoms with Crippen LogP contribution in [0.5, 0.6) is 0 Å². The van der Waals surface area contributed by atoms with Crippen LogP contribution in [-0.2, 0) is 23.7 Å². The van der Waals surface area contributed by atoms with Crippen molar-refractivity contribution in [2.75, 3.05) is 20.3 Å². The molecule has 7 atom stereocenters. The normalized spacial score (nSPS) is 38.1. The van der Waals surface area contributed by atoms with Crippen molar-refractivity contribution in [2.45, 2.75) is 82.5 Å². The van der Waals surface area contributed by atoms with Gasteiger partial charge in [-0.1, -0.05) is 25.5 Å². The standard InChI is InChI=1S/C22H36N2O7/c1-12(2)16(19(23)26)24-20(27)30-14-8-9-22(11-29-22)18(17(14)28-5)21(4)15(31-21)7-6-13(3)10-25/h6,12,14-18,25H,7-11H2,1-5H3,(H2,23,26)(H,24,27)/b13-6+/t14-,15+,16-,17-,18?,21-,22?/m1/s1. The maximum Gasteiger partial charge on any atom is 0.408 e. The summed E-state index contributed by atoms with van der Waals surface area (Å²) in [6, 6.07) is -0.804. The molecule has 3 fully saturated rings. The third kappa shape index (κ3) is 4.89. The highest BCUT2D eigenvalue weighted by molar-refractivity contribution is 5.84. The Morgan fingerprint density at radius 2 is 2.06 bits per heavy atom. The van der Waals surface area contributed by atoms with Crippen molar-refractivity contribution in [2.24, 2.45) is 17.6 Å². The van der Waals surface area contributed by atoms with E-state index in [2.05, 4.69) is 5.32 Å². The van der Waals surface area contributed by atoms with Crippen molar-refractivity contribution < 1.29 is 33.6 Å². The molecule has 9 heteroatoms. The molecule has 2 saturated heterocycles. The van der Waals surface area contributed by atoms with Crippen molar-refractivity contribution in [3.05, 3.63) is 11.6 Å². The molecule has 4 N–H and O–H groups in total. The average molecular weight is 441 g/mol. The Hall–Kier alpha value is -1.68. The molecule has 1 saturated carbocycles. The van der Waals surface area contributed by atoms with Gasteiger partial charge in [0.15, 0.2) is 0 Å². The van der Waals surface area contributed by atoms with Gasteiger partial charge in [0.25, 0.3) is 0 Å². The molecule has 2 aliphatic heterocycles. The third-order valence-corrected chi connectivity index (χ3v) is 6.93. The Balaban J connectivity index is 1.71. The summed E-state index contributed by atoms with van der Waals surface area (Å²) < 4.78 is 23.6. The first-order valence-corrected chi connectivity index (χ1v) is 11.0. The number of epoxide rings is 2. The number of primary amides is 1. The molecular weight excluding hydrogens is 404 g/mol. The van der Waals surface area contributed by atoms with E-state index in [1.807, 2.05) is 19.9 Å². The Morgan fingerprint density at radius 1 is 1.39 bits per heavy atom. The molecule has 3 aliphatic rings. The van der Waals surface area contributed by atoms with Crippen molar-refractivity contribution >= 4 is 12.0 Å². The van der Waals surface area contributed by atoms with Crippen LogP contribution < -0.4 is 11.1 Å². The zero-order chi connectivity index (χ0) is 23.0. The van der Waals surface area contributed by atoms with Gasteiger partial charge in [-0.2, -0.15) is 0 Å². The van der Waals surface area contributed by atoms with Gasteiger partial charge in [-0.05, 0) is 39.0 Å². The van der Waals surface area contributed by atoms with Gasteiger partial charge in [0.05, 0.1) is 25.2 Å². The molecule has 0 radical (unpaired) electrons. The Labute approximate surface area is 183 Å². The number of aliphatic hydroxyl groups is 1. The average Bonchev–Trinajstić information content (AvgIpc) is 3.62. The van der Waals surface area contributed by atoms with E-state index in [4.69, 9.17) is 24.7 Å². The van der Waals surface area contributed by atoms with Crippen molar-refractivity contribution in [1.29, 1.82) is 0 Å². The fraction of sp³-hybridized carbons (Fsp3) is 0.818. The number of carbonyl (C=O) groups is 2. The number of ether oxygens (including phenoxy) is 4.